The van der Waals surface area contributed by atoms with Gasteiger partial charge in [-0.1, -0.05) is 30.3 Å². The van der Waals surface area contributed by atoms with E-state index < -0.39 is 0 Å². The Kier molecular flexibility index (Phi) is 3.40. The molecule has 0 aromatic heterocycles. The first-order chi connectivity index (χ1) is 7.40. The van der Waals surface area contributed by atoms with E-state index in [1.54, 1.807) is 0 Å². The van der Waals surface area contributed by atoms with Gasteiger partial charge in [-0.15, -0.1) is 0 Å². The molecule has 78 valence electrons. The van der Waals surface area contributed by atoms with Gasteiger partial charge in [0.05, 0.1) is 6.07 Å². The first-order valence-corrected chi connectivity index (χ1v) is 5.82. The predicted octanol–water partition coefficient (Wildman–Crippen LogP) is 3.87. The second kappa shape index (κ2) is 4.98. The fourth-order valence-electron chi connectivity index (χ4n) is 2.55. The van der Waals surface area contributed by atoms with E-state index in [0.717, 1.165) is 12.3 Å². The van der Waals surface area contributed by atoms with Gasteiger partial charge in [0.2, 0.25) is 0 Å². The summed E-state index contributed by atoms with van der Waals surface area (Å²) < 4.78 is 0. The average molecular weight is 199 g/mol. The van der Waals surface area contributed by atoms with Crippen molar-refractivity contribution in [3.8, 4) is 6.07 Å². The fourth-order valence-corrected chi connectivity index (χ4v) is 2.55. The van der Waals surface area contributed by atoms with Gasteiger partial charge < -0.3 is 0 Å². The highest BCUT2D eigenvalue weighted by molar-refractivity contribution is 5.19. The van der Waals surface area contributed by atoms with Gasteiger partial charge in [0.15, 0.2) is 0 Å². The highest BCUT2D eigenvalue weighted by atomic mass is 14.3. The maximum absolute atomic E-state index is 8.65. The average Bonchev–Trinajstić information content (AvgIpc) is 2.32. The number of hydrogen-bond donors (Lipinski definition) is 0. The van der Waals surface area contributed by atoms with E-state index in [0.29, 0.717) is 5.92 Å². The number of benzene rings is 1. The van der Waals surface area contributed by atoms with Gasteiger partial charge in [-0.3, -0.25) is 0 Å². The topological polar surface area (TPSA) is 23.8 Å². The first kappa shape index (κ1) is 10.2. The fraction of sp³-hybridized carbons (Fsp3) is 0.500. The Morgan fingerprint density at radius 3 is 2.33 bits per heavy atom. The summed E-state index contributed by atoms with van der Waals surface area (Å²) in [6.07, 6.45) is 5.73. The van der Waals surface area contributed by atoms with Gasteiger partial charge in [0.25, 0.3) is 0 Å². The Labute approximate surface area is 91.7 Å². The summed E-state index contributed by atoms with van der Waals surface area (Å²) in [4.78, 5) is 0. The zero-order valence-corrected chi connectivity index (χ0v) is 9.02. The van der Waals surface area contributed by atoms with Gasteiger partial charge in [0.1, 0.15) is 0 Å². The van der Waals surface area contributed by atoms with Gasteiger partial charge in [0, 0.05) is 6.42 Å². The summed E-state index contributed by atoms with van der Waals surface area (Å²) in [7, 11) is 0. The molecule has 1 aromatic rings. The molecule has 1 aliphatic carbocycles. The lowest BCUT2D eigenvalue weighted by atomic mass is 9.78. The van der Waals surface area contributed by atoms with Crippen LogP contribution in [0.3, 0.4) is 0 Å². The molecule has 0 saturated heterocycles. The lowest BCUT2D eigenvalue weighted by Gasteiger charge is -2.27. The molecule has 0 heterocycles. The lowest BCUT2D eigenvalue weighted by molar-refractivity contribution is 0.330. The van der Waals surface area contributed by atoms with Crippen molar-refractivity contribution in [1.82, 2.24) is 0 Å². The third-order valence-electron chi connectivity index (χ3n) is 3.50. The van der Waals surface area contributed by atoms with E-state index in [1.807, 2.05) is 0 Å². The van der Waals surface area contributed by atoms with Crippen LogP contribution in [-0.4, -0.2) is 0 Å². The third-order valence-corrected chi connectivity index (χ3v) is 3.50. The van der Waals surface area contributed by atoms with E-state index in [9.17, 15) is 0 Å². The molecule has 0 unspecified atom stereocenters. The molecule has 0 radical (unpaired) electrons. The summed E-state index contributed by atoms with van der Waals surface area (Å²) in [5, 5.41) is 8.65. The molecule has 15 heavy (non-hydrogen) atoms. The minimum absolute atomic E-state index is 0.662. The Morgan fingerprint density at radius 1 is 1.07 bits per heavy atom. The molecule has 0 spiro atoms. The first-order valence-electron chi connectivity index (χ1n) is 5.82. The molecule has 2 rings (SSSR count). The summed E-state index contributed by atoms with van der Waals surface area (Å²) >= 11 is 0. The monoisotopic (exact) mass is 199 g/mol. The van der Waals surface area contributed by atoms with Gasteiger partial charge in [-0.25, -0.2) is 0 Å². The molecular weight excluding hydrogens is 182 g/mol. The maximum atomic E-state index is 8.65. The van der Waals surface area contributed by atoms with Crippen LogP contribution in [0.15, 0.2) is 30.3 Å². The van der Waals surface area contributed by atoms with Crippen LogP contribution in [0.5, 0.6) is 0 Å². The van der Waals surface area contributed by atoms with Crippen LogP contribution in [0.25, 0.3) is 0 Å². The molecule has 1 aliphatic rings. The van der Waals surface area contributed by atoms with Crippen molar-refractivity contribution in [2.45, 2.75) is 38.0 Å². The molecule has 1 heteroatoms. The molecule has 1 saturated carbocycles. The zero-order valence-electron chi connectivity index (χ0n) is 9.02. The van der Waals surface area contributed by atoms with Crippen molar-refractivity contribution < 1.29 is 0 Å². The highest BCUT2D eigenvalue weighted by Crippen LogP contribution is 2.36. The Hall–Kier alpha value is -1.29. The minimum Gasteiger partial charge on any atom is -0.198 e. The Morgan fingerprint density at radius 2 is 1.73 bits per heavy atom. The zero-order chi connectivity index (χ0) is 10.5. The minimum atomic E-state index is 0.662. The standard InChI is InChI=1S/C14H17N/c15-11-10-12-6-8-14(9-7-12)13-4-2-1-3-5-13/h1-5,12,14H,6-10H2. The van der Waals surface area contributed by atoms with Crippen molar-refractivity contribution in [3.63, 3.8) is 0 Å². The summed E-state index contributed by atoms with van der Waals surface area (Å²) in [5.74, 6) is 1.40. The number of hydrogen-bond acceptors (Lipinski definition) is 1. The maximum Gasteiger partial charge on any atom is 0.0624 e. The van der Waals surface area contributed by atoms with Crippen molar-refractivity contribution in [2.24, 2.45) is 5.92 Å². The van der Waals surface area contributed by atoms with E-state index >= 15 is 0 Å². The molecule has 0 aliphatic heterocycles. The van der Waals surface area contributed by atoms with Crippen molar-refractivity contribution in [3.05, 3.63) is 35.9 Å². The molecule has 0 amide bonds. The Balaban J connectivity index is 1.92. The molecule has 0 atom stereocenters. The largest absolute Gasteiger partial charge is 0.198 e. The molecule has 1 fully saturated rings. The molecule has 1 nitrogen and oxygen atoms in total. The lowest BCUT2D eigenvalue weighted by Crippen LogP contribution is -2.12. The van der Waals surface area contributed by atoms with Crippen LogP contribution in [0.4, 0.5) is 0 Å². The van der Waals surface area contributed by atoms with Crippen LogP contribution in [0, 0.1) is 17.2 Å². The van der Waals surface area contributed by atoms with Crippen LogP contribution in [-0.2, 0) is 0 Å². The quantitative estimate of drug-likeness (QED) is 0.709. The summed E-state index contributed by atoms with van der Waals surface area (Å²) in [5.41, 5.74) is 1.48. The molecule has 0 N–H and O–H groups in total. The second-order valence-electron chi connectivity index (χ2n) is 4.49. The number of nitriles is 1. The smallest absolute Gasteiger partial charge is 0.0624 e. The van der Waals surface area contributed by atoms with Crippen LogP contribution < -0.4 is 0 Å². The van der Waals surface area contributed by atoms with Crippen molar-refractivity contribution in [2.75, 3.05) is 0 Å². The van der Waals surface area contributed by atoms with Gasteiger partial charge in [-0.05, 0) is 43.1 Å². The summed E-state index contributed by atoms with van der Waals surface area (Å²) in [6.45, 7) is 0. The third kappa shape index (κ3) is 2.59. The van der Waals surface area contributed by atoms with Gasteiger partial charge >= 0.3 is 0 Å². The normalized spacial score (nSPS) is 25.8. The second-order valence-corrected chi connectivity index (χ2v) is 4.49. The SMILES string of the molecule is N#CCC1CCC(c2ccccc2)CC1. The highest BCUT2D eigenvalue weighted by Gasteiger charge is 2.21. The number of rotatable bonds is 2. The molecule has 1 aromatic carbocycles. The molecule has 0 bridgehead atoms. The Bertz CT molecular complexity index is 328. The van der Waals surface area contributed by atoms with Crippen LogP contribution in [0.2, 0.25) is 0 Å². The molecular formula is C14H17N. The van der Waals surface area contributed by atoms with E-state index in [1.165, 1.54) is 31.2 Å². The summed E-state index contributed by atoms with van der Waals surface area (Å²) in [6, 6.07) is 13.1. The van der Waals surface area contributed by atoms with E-state index in [2.05, 4.69) is 36.4 Å². The van der Waals surface area contributed by atoms with Crippen LogP contribution in [0.1, 0.15) is 43.6 Å². The number of nitrogens with zero attached hydrogens (tertiary/aromatic N) is 1. The van der Waals surface area contributed by atoms with Crippen LogP contribution >= 0.6 is 0 Å². The van der Waals surface area contributed by atoms with E-state index in [4.69, 9.17) is 5.26 Å². The van der Waals surface area contributed by atoms with Gasteiger partial charge in [-0.2, -0.15) is 5.26 Å². The van der Waals surface area contributed by atoms with Crippen molar-refractivity contribution in [1.29, 1.82) is 5.26 Å². The van der Waals surface area contributed by atoms with Crippen molar-refractivity contribution >= 4 is 0 Å². The van der Waals surface area contributed by atoms with E-state index in [-0.39, 0.29) is 0 Å². The predicted molar refractivity (Wildman–Crippen MR) is 61.4 cm³/mol.